The van der Waals surface area contributed by atoms with Gasteiger partial charge in [-0.25, -0.2) is 0 Å². The quantitative estimate of drug-likeness (QED) is 0.0254. The Balaban J connectivity index is 1.06. The Labute approximate surface area is 705 Å². The molecule has 4 aliphatic carbocycles. The van der Waals surface area contributed by atoms with Gasteiger partial charge in [-0.3, -0.25) is 38.4 Å². The van der Waals surface area contributed by atoms with Crippen molar-refractivity contribution in [1.82, 2.24) is 31.9 Å². The number of carbonyl (C=O) groups excluding carboxylic acids is 8. The van der Waals surface area contributed by atoms with Crippen LogP contribution in [0.15, 0.2) is 44.6 Å². The molecule has 0 saturated heterocycles. The molecule has 0 aromatic rings. The third-order valence-electron chi connectivity index (χ3n) is 27.2. The van der Waals surface area contributed by atoms with Gasteiger partial charge in [-0.1, -0.05) is 216 Å². The first-order valence-corrected chi connectivity index (χ1v) is 48.5. The number of hydrogen-bond donors (Lipinski definition) is 6. The largest absolute Gasteiger partial charge is 0.356 e. The number of allylic oxidation sites excluding steroid dienone is 8. The number of nitrogens with one attached hydrogen (secondary N) is 6. The summed E-state index contributed by atoms with van der Waals surface area (Å²) >= 11 is 0. The van der Waals surface area contributed by atoms with Crippen molar-refractivity contribution in [2.24, 2.45) is 33.5 Å². The maximum Gasteiger partial charge on any atom is 0.223 e. The van der Waals surface area contributed by atoms with Gasteiger partial charge in [-0.05, 0) is 274 Å². The normalized spacial score (nSPS) is 17.1. The fourth-order valence-electron chi connectivity index (χ4n) is 19.8. The van der Waals surface area contributed by atoms with Crippen LogP contribution in [0.25, 0.3) is 0 Å². The summed E-state index contributed by atoms with van der Waals surface area (Å²) in [6.45, 7) is 31.9. The van der Waals surface area contributed by atoms with Crippen LogP contribution >= 0.6 is 0 Å². The van der Waals surface area contributed by atoms with Gasteiger partial charge in [-0.15, -0.1) is 0 Å². The molecule has 115 heavy (non-hydrogen) atoms. The van der Waals surface area contributed by atoms with Crippen LogP contribution in [0.4, 0.5) is 0 Å². The highest BCUT2D eigenvalue weighted by Gasteiger charge is 2.32. The highest BCUT2D eigenvalue weighted by atomic mass is 16.2. The predicted molar refractivity (Wildman–Crippen MR) is 483 cm³/mol. The molecule has 660 valence electrons. The summed E-state index contributed by atoms with van der Waals surface area (Å²) < 4.78 is 0. The monoisotopic (exact) mass is 1600 g/mol. The predicted octanol–water partition coefficient (Wildman–Crippen LogP) is 25.3. The van der Waals surface area contributed by atoms with Gasteiger partial charge in [0.25, 0.3) is 0 Å². The van der Waals surface area contributed by atoms with Gasteiger partial charge in [0.1, 0.15) is 11.6 Å². The topological polar surface area (TPSA) is 209 Å². The molecular weight excluding hydrogens is 1430 g/mol. The minimum atomic E-state index is -0.388. The fraction of sp³-hybridized carbons (Fsp3) is 0.842. The first kappa shape index (κ1) is 102. The van der Waals surface area contributed by atoms with Gasteiger partial charge in [0.15, 0.2) is 0 Å². The fourth-order valence-corrected chi connectivity index (χ4v) is 19.8. The van der Waals surface area contributed by atoms with Gasteiger partial charge >= 0.3 is 0 Å². The van der Waals surface area contributed by atoms with Crippen LogP contribution in [0.2, 0.25) is 0 Å². The molecule has 0 fully saturated rings. The number of unbranched alkanes of at least 4 members (excludes halogenated alkanes) is 26. The van der Waals surface area contributed by atoms with Crippen LogP contribution in [0.5, 0.6) is 0 Å². The summed E-state index contributed by atoms with van der Waals surface area (Å²) in [7, 11) is 0. The summed E-state index contributed by atoms with van der Waals surface area (Å²) in [6.07, 6.45) is 60.2. The van der Waals surface area contributed by atoms with Crippen LogP contribution < -0.4 is 31.9 Å². The van der Waals surface area contributed by atoms with Crippen molar-refractivity contribution in [2.45, 2.75) is 475 Å². The van der Waals surface area contributed by atoms with Crippen molar-refractivity contribution in [3.63, 3.8) is 0 Å². The third kappa shape index (κ3) is 45.9. The Morgan fingerprint density at radius 3 is 0.722 bits per heavy atom. The molecule has 0 aliphatic heterocycles. The Bertz CT molecular complexity index is 2770. The standard InChI is InChI=1S/C101H178N6O8/c1-80-52-48-68-98(5,6)88(80)60-33-23-15-13-21-31-58-86(108)78-84(56-39-45-74-104-92(110)64-37-27-19-17-25-35-62-90-82(3)54-50-70-100(90,9)10)96(114)106-76-43-29-41-72-102-94(112)66-47-67-95(113)103-73-42-30-44-77-107-97(115)85(79-87(109)59-32-22-14-16-24-34-61-89-81(2)53-49-69-99(89,7)8)57-40-46-75-105-93(111)65-38-28-20-18-26-36-63-91-83(4)55-51-71-101(91,11)12/h84-85H,13-79H2,1-12H3,(H,102,112)(H,103,113)(H,104,110)(H,105,111)(H,106,114)(H,107,115). The number of rotatable bonds is 68. The molecule has 2 atom stereocenters. The van der Waals surface area contributed by atoms with Gasteiger partial charge in [-0.2, -0.15) is 0 Å². The Morgan fingerprint density at radius 1 is 0.252 bits per heavy atom. The second-order valence-electron chi connectivity index (χ2n) is 39.3. The summed E-state index contributed by atoms with van der Waals surface area (Å²) in [6, 6.07) is 0. The number of carbonyl (C=O) groups is 8. The Kier molecular flexibility index (Phi) is 53.2. The molecular formula is C101H178N6O8. The molecule has 0 heterocycles. The van der Waals surface area contributed by atoms with Crippen molar-refractivity contribution in [3.05, 3.63) is 44.6 Å². The van der Waals surface area contributed by atoms with E-state index in [-0.39, 0.29) is 84.5 Å². The Morgan fingerprint density at radius 2 is 0.461 bits per heavy atom. The molecule has 0 spiro atoms. The van der Waals surface area contributed by atoms with E-state index in [4.69, 9.17) is 0 Å². The molecule has 0 aromatic carbocycles. The number of Topliss-reactive ketones (excluding diaryl/α,β-unsaturated/α-hetero) is 2. The van der Waals surface area contributed by atoms with E-state index >= 15 is 0 Å². The van der Waals surface area contributed by atoms with Gasteiger partial charge in [0.05, 0.1) is 0 Å². The highest BCUT2D eigenvalue weighted by Crippen LogP contribution is 2.46. The molecule has 4 rings (SSSR count). The minimum Gasteiger partial charge on any atom is -0.356 e. The van der Waals surface area contributed by atoms with Crippen LogP contribution in [0.3, 0.4) is 0 Å². The van der Waals surface area contributed by atoms with Crippen LogP contribution in [-0.4, -0.2) is 86.3 Å². The molecule has 2 unspecified atom stereocenters. The van der Waals surface area contributed by atoms with Gasteiger partial charge in [0.2, 0.25) is 35.4 Å². The maximum atomic E-state index is 13.7. The van der Waals surface area contributed by atoms with E-state index in [0.29, 0.717) is 106 Å². The second-order valence-corrected chi connectivity index (χ2v) is 39.3. The zero-order valence-corrected chi connectivity index (χ0v) is 76.8. The number of ketones is 2. The summed E-state index contributed by atoms with van der Waals surface area (Å²) in [5.41, 5.74) is 14.6. The maximum absolute atomic E-state index is 13.7. The van der Waals surface area contributed by atoms with Crippen LogP contribution in [-0.2, 0) is 38.4 Å². The smallest absolute Gasteiger partial charge is 0.223 e. The van der Waals surface area contributed by atoms with Gasteiger partial charge < -0.3 is 31.9 Å². The van der Waals surface area contributed by atoms with E-state index in [1.165, 1.54) is 193 Å². The molecule has 0 saturated carbocycles. The van der Waals surface area contributed by atoms with Crippen molar-refractivity contribution in [1.29, 1.82) is 0 Å². The average Bonchev–Trinajstić information content (AvgIpc) is 0.840. The summed E-state index contributed by atoms with van der Waals surface area (Å²) in [4.78, 5) is 105. The molecule has 0 aromatic heterocycles. The third-order valence-corrected chi connectivity index (χ3v) is 27.2. The van der Waals surface area contributed by atoms with E-state index in [9.17, 15) is 38.4 Å². The lowest BCUT2D eigenvalue weighted by Crippen LogP contribution is -2.33. The van der Waals surface area contributed by atoms with E-state index in [1.807, 2.05) is 0 Å². The molecule has 14 nitrogen and oxygen atoms in total. The first-order chi connectivity index (χ1) is 55.1. The minimum absolute atomic E-state index is 0.0676. The lowest BCUT2D eigenvalue weighted by atomic mass is 9.71. The van der Waals surface area contributed by atoms with Crippen molar-refractivity contribution in [3.8, 4) is 0 Å². The zero-order chi connectivity index (χ0) is 84.0. The lowest BCUT2D eigenvalue weighted by molar-refractivity contribution is -0.129. The molecule has 6 amide bonds. The average molecular weight is 1600 g/mol. The number of amides is 6. The molecule has 14 heteroatoms. The second kappa shape index (κ2) is 59.7. The lowest BCUT2D eigenvalue weighted by Gasteiger charge is -2.34. The summed E-state index contributed by atoms with van der Waals surface area (Å²) in [5, 5.41) is 18.5. The van der Waals surface area contributed by atoms with E-state index in [0.717, 1.165) is 128 Å². The molecule has 4 aliphatic rings. The molecule has 0 radical (unpaired) electrons. The van der Waals surface area contributed by atoms with Crippen LogP contribution in [0.1, 0.15) is 475 Å². The van der Waals surface area contributed by atoms with Crippen molar-refractivity contribution >= 4 is 47.0 Å². The SMILES string of the molecule is CC1=C(CCCCCCCCC(=O)CC(CCCCNC(=O)CCCCCCCCC2=C(C)CCCC2(C)C)C(=O)NCCCCCNC(=O)CCCC(=O)NCCCCCNC(=O)C(CCCCNC(=O)CCCCCCCCC2=C(C)CCCC2(C)C)CC(=O)CCCCCCCCC2=C(C)CCCC2(C)C)C(C)(C)CCC1. The highest BCUT2D eigenvalue weighted by molar-refractivity contribution is 5.87. The first-order valence-electron chi connectivity index (χ1n) is 48.5. The molecule has 0 bridgehead atoms. The number of hydrogen-bond acceptors (Lipinski definition) is 8. The van der Waals surface area contributed by atoms with Crippen LogP contribution in [0, 0.1) is 33.5 Å². The molecule has 6 N–H and O–H groups in total. The van der Waals surface area contributed by atoms with E-state index in [2.05, 4.69) is 115 Å². The zero-order valence-electron chi connectivity index (χ0n) is 76.8. The van der Waals surface area contributed by atoms with Crippen molar-refractivity contribution < 1.29 is 38.4 Å². The van der Waals surface area contributed by atoms with E-state index < -0.39 is 0 Å². The van der Waals surface area contributed by atoms with Crippen molar-refractivity contribution in [2.75, 3.05) is 39.3 Å². The Hall–Kier alpha value is -4.88. The van der Waals surface area contributed by atoms with E-state index in [1.54, 1.807) is 44.6 Å². The summed E-state index contributed by atoms with van der Waals surface area (Å²) in [5.74, 6) is -0.542. The van der Waals surface area contributed by atoms with Gasteiger partial charge in [0, 0.05) is 102 Å².